The average molecular weight is 692 g/mol. The second-order valence-electron chi connectivity index (χ2n) is 14.2. The molecule has 0 bridgehead atoms. The lowest BCUT2D eigenvalue weighted by Crippen LogP contribution is -2.52. The Hall–Kier alpha value is -4.58. The van der Waals surface area contributed by atoms with Crippen molar-refractivity contribution < 1.29 is 24.2 Å². The summed E-state index contributed by atoms with van der Waals surface area (Å²) in [5.41, 5.74) is 3.83. The van der Waals surface area contributed by atoms with Gasteiger partial charge in [-0.3, -0.25) is 19.2 Å². The van der Waals surface area contributed by atoms with Crippen LogP contribution in [0.15, 0.2) is 85.6 Å². The molecule has 4 aromatic rings. The molecule has 7 rings (SSSR count). The second kappa shape index (κ2) is 13.3. The number of para-hydroxylation sites is 1. The molecule has 3 aliphatic heterocycles. The molecular formula is C39H45N5O5Si. The average Bonchev–Trinajstić information content (AvgIpc) is 3.77. The zero-order chi connectivity index (χ0) is 35.2. The first-order valence-electron chi connectivity index (χ1n) is 17.4. The van der Waals surface area contributed by atoms with Gasteiger partial charge in [-0.2, -0.15) is 0 Å². The lowest BCUT2D eigenvalue weighted by Gasteiger charge is -2.37. The largest absolute Gasteiger partial charge is 0.497 e. The SMILES string of the molecule is C=CCN1C(=O)[C@@]2(O[C@@H](CCn3cc(CCO)nn3)[C@H]([Si](C)(C)c3ccc(OC)cc3)[C@H]2C)c2cc(N3C(=O)CCc4ccccc43)ccc21. The molecule has 4 atom stereocenters. The van der Waals surface area contributed by atoms with E-state index in [9.17, 15) is 14.7 Å². The number of ether oxygens (including phenoxy) is 2. The third kappa shape index (κ3) is 5.48. The number of aryl methyl sites for hydroxylation is 2. The molecule has 2 amide bonds. The van der Waals surface area contributed by atoms with Gasteiger partial charge in [0.25, 0.3) is 5.91 Å². The number of fused-ring (bicyclic) bond motifs is 3. The predicted molar refractivity (Wildman–Crippen MR) is 196 cm³/mol. The molecular weight excluding hydrogens is 647 g/mol. The maximum Gasteiger partial charge on any atom is 0.264 e. The number of anilines is 3. The van der Waals surface area contributed by atoms with Crippen molar-refractivity contribution in [3.8, 4) is 5.75 Å². The standard InChI is InChI=1S/C39H45N5O5Si/c1-6-21-43-34-17-12-29(44-33-10-8-7-9-27(33)11-18-36(44)46)24-32(34)39(38(43)47)26(2)37(50(4,5)31-15-13-30(48-3)14-16-31)35(49-39)19-22-42-25-28(20-23-45)40-41-42/h6-10,12-17,24-26,35,37,45H,1,11,18-23H2,2-5H3/t26-,35+,37-,39+/m1/s1. The molecule has 0 unspecified atom stereocenters. The molecule has 1 fully saturated rings. The highest BCUT2D eigenvalue weighted by Gasteiger charge is 2.66. The zero-order valence-electron chi connectivity index (χ0n) is 29.2. The van der Waals surface area contributed by atoms with E-state index in [1.54, 1.807) is 27.7 Å². The summed E-state index contributed by atoms with van der Waals surface area (Å²) in [6, 6.07) is 22.3. The number of nitrogens with zero attached hydrogens (tertiary/aromatic N) is 5. The molecule has 1 aromatic heterocycles. The van der Waals surface area contributed by atoms with E-state index in [-0.39, 0.29) is 36.0 Å². The molecule has 1 saturated heterocycles. The van der Waals surface area contributed by atoms with Gasteiger partial charge < -0.3 is 19.5 Å². The van der Waals surface area contributed by atoms with Crippen molar-refractivity contribution in [3.05, 3.63) is 102 Å². The number of aliphatic hydroxyl groups is 1. The topological polar surface area (TPSA) is 110 Å². The Morgan fingerprint density at radius 2 is 1.86 bits per heavy atom. The number of hydrogen-bond acceptors (Lipinski definition) is 7. The lowest BCUT2D eigenvalue weighted by molar-refractivity contribution is -0.145. The zero-order valence-corrected chi connectivity index (χ0v) is 30.2. The first-order valence-corrected chi connectivity index (χ1v) is 20.5. The number of hydrogen-bond donors (Lipinski definition) is 1. The molecule has 10 nitrogen and oxygen atoms in total. The minimum atomic E-state index is -2.36. The van der Waals surface area contributed by atoms with E-state index in [1.165, 1.54) is 5.19 Å². The Balaban J connectivity index is 1.34. The van der Waals surface area contributed by atoms with Crippen molar-refractivity contribution in [1.29, 1.82) is 0 Å². The van der Waals surface area contributed by atoms with Gasteiger partial charge in [0.15, 0.2) is 5.60 Å². The molecule has 260 valence electrons. The van der Waals surface area contributed by atoms with Crippen LogP contribution in [0.3, 0.4) is 0 Å². The van der Waals surface area contributed by atoms with Gasteiger partial charge >= 0.3 is 0 Å². The number of carbonyl (C=O) groups is 2. The van der Waals surface area contributed by atoms with Crippen LogP contribution in [0.5, 0.6) is 5.75 Å². The minimum Gasteiger partial charge on any atom is -0.497 e. The summed E-state index contributed by atoms with van der Waals surface area (Å²) >= 11 is 0. The Morgan fingerprint density at radius 3 is 2.60 bits per heavy atom. The molecule has 0 saturated carbocycles. The van der Waals surface area contributed by atoms with Gasteiger partial charge in [-0.05, 0) is 60.3 Å². The van der Waals surface area contributed by atoms with Crippen LogP contribution < -0.4 is 19.7 Å². The van der Waals surface area contributed by atoms with Crippen LogP contribution in [0.25, 0.3) is 0 Å². The molecule has 3 aliphatic rings. The number of carbonyl (C=O) groups excluding carboxylic acids is 2. The van der Waals surface area contributed by atoms with Gasteiger partial charge in [-0.1, -0.05) is 66.8 Å². The fourth-order valence-corrected chi connectivity index (χ4v) is 12.7. The summed E-state index contributed by atoms with van der Waals surface area (Å²) in [6.07, 6.45) is 5.52. The van der Waals surface area contributed by atoms with Crippen LogP contribution in [0.2, 0.25) is 18.6 Å². The van der Waals surface area contributed by atoms with Crippen LogP contribution in [0.1, 0.15) is 36.6 Å². The number of amides is 2. The van der Waals surface area contributed by atoms with Crippen molar-refractivity contribution in [2.24, 2.45) is 5.92 Å². The van der Waals surface area contributed by atoms with Crippen molar-refractivity contribution in [2.75, 3.05) is 30.1 Å². The fraction of sp³-hybridized carbons (Fsp3) is 0.385. The number of aromatic nitrogens is 3. The Morgan fingerprint density at radius 1 is 1.08 bits per heavy atom. The third-order valence-corrected chi connectivity index (χ3v) is 15.4. The maximum atomic E-state index is 14.9. The normalized spacial score (nSPS) is 23.0. The third-order valence-electron chi connectivity index (χ3n) is 11.1. The van der Waals surface area contributed by atoms with Gasteiger partial charge in [-0.25, -0.2) is 0 Å². The van der Waals surface area contributed by atoms with Crippen molar-refractivity contribution in [1.82, 2.24) is 15.0 Å². The molecule has 1 N–H and O–H groups in total. The van der Waals surface area contributed by atoms with Gasteiger partial charge in [-0.15, -0.1) is 11.7 Å². The van der Waals surface area contributed by atoms with E-state index >= 15 is 0 Å². The molecule has 50 heavy (non-hydrogen) atoms. The van der Waals surface area contributed by atoms with E-state index in [1.807, 2.05) is 54.7 Å². The van der Waals surface area contributed by atoms with E-state index < -0.39 is 13.7 Å². The van der Waals surface area contributed by atoms with Crippen molar-refractivity contribution in [3.63, 3.8) is 0 Å². The highest BCUT2D eigenvalue weighted by Crippen LogP contribution is 2.60. The maximum absolute atomic E-state index is 14.9. The summed E-state index contributed by atoms with van der Waals surface area (Å²) < 4.78 is 14.6. The van der Waals surface area contributed by atoms with Crippen LogP contribution in [-0.2, 0) is 39.3 Å². The number of methoxy groups -OCH3 is 1. The van der Waals surface area contributed by atoms with Crippen LogP contribution in [-0.4, -0.2) is 66.4 Å². The summed E-state index contributed by atoms with van der Waals surface area (Å²) in [4.78, 5) is 32.1. The molecule has 11 heteroatoms. The fourth-order valence-electron chi connectivity index (χ4n) is 8.67. The Labute approximate surface area is 294 Å². The van der Waals surface area contributed by atoms with Gasteiger partial charge in [0.2, 0.25) is 5.91 Å². The monoisotopic (exact) mass is 691 g/mol. The quantitative estimate of drug-likeness (QED) is 0.169. The van der Waals surface area contributed by atoms with E-state index in [4.69, 9.17) is 9.47 Å². The van der Waals surface area contributed by atoms with Crippen LogP contribution in [0, 0.1) is 5.92 Å². The van der Waals surface area contributed by atoms with E-state index in [2.05, 4.69) is 55.1 Å². The highest BCUT2D eigenvalue weighted by atomic mass is 28.3. The van der Waals surface area contributed by atoms with Gasteiger partial charge in [0.1, 0.15) is 5.75 Å². The minimum absolute atomic E-state index is 0.00746. The second-order valence-corrected chi connectivity index (χ2v) is 18.8. The Kier molecular flexibility index (Phi) is 9.00. The van der Waals surface area contributed by atoms with Crippen molar-refractivity contribution in [2.45, 2.75) is 69.5 Å². The van der Waals surface area contributed by atoms with Gasteiger partial charge in [0, 0.05) is 55.9 Å². The molecule has 0 radical (unpaired) electrons. The smallest absolute Gasteiger partial charge is 0.264 e. The van der Waals surface area contributed by atoms with Crippen LogP contribution >= 0.6 is 0 Å². The van der Waals surface area contributed by atoms with Gasteiger partial charge in [0.05, 0.1) is 38.4 Å². The molecule has 0 aliphatic carbocycles. The summed E-state index contributed by atoms with van der Waals surface area (Å²) in [5, 5.41) is 19.2. The summed E-state index contributed by atoms with van der Waals surface area (Å²) in [6.45, 7) is 11.8. The number of benzene rings is 3. The predicted octanol–water partition coefficient (Wildman–Crippen LogP) is 5.27. The summed E-state index contributed by atoms with van der Waals surface area (Å²) in [5.74, 6) is 0.536. The lowest BCUT2D eigenvalue weighted by atomic mass is 9.82. The first kappa shape index (κ1) is 33.9. The summed E-state index contributed by atoms with van der Waals surface area (Å²) in [7, 11) is -0.688. The first-order chi connectivity index (χ1) is 24.1. The van der Waals surface area contributed by atoms with Crippen LogP contribution in [0.4, 0.5) is 17.1 Å². The Bertz CT molecular complexity index is 1930. The van der Waals surface area contributed by atoms with Crippen molar-refractivity contribution >= 4 is 42.1 Å². The number of rotatable bonds is 11. The number of aliphatic hydroxyl groups excluding tert-OH is 1. The van der Waals surface area contributed by atoms with E-state index in [0.29, 0.717) is 38.8 Å². The van der Waals surface area contributed by atoms with E-state index in [0.717, 1.165) is 39.6 Å². The molecule has 4 heterocycles. The molecule has 3 aromatic carbocycles. The highest BCUT2D eigenvalue weighted by molar-refractivity contribution is 6.91. The molecule has 1 spiro atoms.